The van der Waals surface area contributed by atoms with Gasteiger partial charge in [0.1, 0.15) is 0 Å². The molecule has 4 fully saturated rings. The van der Waals surface area contributed by atoms with Crippen LogP contribution in [-0.4, -0.2) is 46.7 Å². The first-order valence-corrected chi connectivity index (χ1v) is 11.3. The first-order valence-electron chi connectivity index (χ1n) is 11.3. The van der Waals surface area contributed by atoms with Crippen molar-refractivity contribution >= 4 is 5.97 Å². The number of aliphatic hydroxyl groups excluding tert-OH is 3. The van der Waals surface area contributed by atoms with Crippen LogP contribution < -0.4 is 0 Å². The molecule has 0 spiro atoms. The Balaban J connectivity index is 1.67. The molecule has 160 valence electrons. The van der Waals surface area contributed by atoms with Gasteiger partial charge in [-0.05, 0) is 80.0 Å². The minimum absolute atomic E-state index is 0.0808. The molecule has 0 radical (unpaired) electrons. The van der Waals surface area contributed by atoms with Crippen LogP contribution >= 0.6 is 0 Å². The fourth-order valence-corrected chi connectivity index (χ4v) is 8.37. The van der Waals surface area contributed by atoms with Gasteiger partial charge in [0, 0.05) is 5.41 Å². The molecule has 11 atom stereocenters. The van der Waals surface area contributed by atoms with Gasteiger partial charge in [0.2, 0.25) is 0 Å². The normalized spacial score (nSPS) is 54.2. The lowest BCUT2D eigenvalue weighted by Crippen LogP contribution is -2.62. The summed E-state index contributed by atoms with van der Waals surface area (Å²) in [7, 11) is 1.43. The van der Waals surface area contributed by atoms with Crippen LogP contribution in [0.5, 0.6) is 0 Å². The summed E-state index contributed by atoms with van der Waals surface area (Å²) >= 11 is 0. The Morgan fingerprint density at radius 1 is 1.04 bits per heavy atom. The van der Waals surface area contributed by atoms with E-state index in [4.69, 9.17) is 4.74 Å². The Hall–Kier alpha value is -0.650. The van der Waals surface area contributed by atoms with Crippen molar-refractivity contribution in [1.82, 2.24) is 0 Å². The van der Waals surface area contributed by atoms with Gasteiger partial charge in [-0.2, -0.15) is 0 Å². The Morgan fingerprint density at radius 2 is 1.75 bits per heavy atom. The lowest BCUT2D eigenvalue weighted by molar-refractivity contribution is -0.207. The van der Waals surface area contributed by atoms with E-state index in [1.807, 2.05) is 6.92 Å². The molecule has 0 amide bonds. The molecule has 0 heterocycles. The molecule has 5 nitrogen and oxygen atoms in total. The molecule has 0 aromatic carbocycles. The lowest BCUT2D eigenvalue weighted by Gasteiger charge is -2.63. The number of carbonyl (C=O) groups excluding carboxylic acids is 1. The van der Waals surface area contributed by atoms with E-state index in [0.717, 1.165) is 38.5 Å². The topological polar surface area (TPSA) is 87.0 Å². The average Bonchev–Trinajstić information content (AvgIpc) is 3.01. The van der Waals surface area contributed by atoms with Gasteiger partial charge >= 0.3 is 5.97 Å². The standard InChI is InChI=1S/C23H38O5/c1-12(21(27)28-4)15-5-6-16-20-17(11-19(26)23(15,16)3)22(2)8-7-14(24)9-13(22)10-18(20)25/h12-20,24-26H,5-11H2,1-4H3. The summed E-state index contributed by atoms with van der Waals surface area (Å²) < 4.78 is 5.02. The predicted octanol–water partition coefficient (Wildman–Crippen LogP) is 2.76. The SMILES string of the molecule is COC(=O)C(C)C1CCC2C3C(O)CC4CC(O)CCC4(C)C3CC(O)C12C. The highest BCUT2D eigenvalue weighted by Crippen LogP contribution is 2.68. The maximum absolute atomic E-state index is 12.3. The van der Waals surface area contributed by atoms with Gasteiger partial charge < -0.3 is 20.1 Å². The van der Waals surface area contributed by atoms with Gasteiger partial charge in [-0.25, -0.2) is 0 Å². The third kappa shape index (κ3) is 2.72. The van der Waals surface area contributed by atoms with Crippen molar-refractivity contribution in [1.29, 1.82) is 0 Å². The predicted molar refractivity (Wildman–Crippen MR) is 105 cm³/mol. The maximum Gasteiger partial charge on any atom is 0.308 e. The van der Waals surface area contributed by atoms with E-state index >= 15 is 0 Å². The monoisotopic (exact) mass is 394 g/mol. The number of hydrogen-bond acceptors (Lipinski definition) is 5. The van der Waals surface area contributed by atoms with Crippen molar-refractivity contribution in [2.45, 2.75) is 84.0 Å². The highest BCUT2D eigenvalue weighted by Gasteiger charge is 2.66. The third-order valence-electron chi connectivity index (χ3n) is 10.0. The van der Waals surface area contributed by atoms with Gasteiger partial charge in [0.25, 0.3) is 0 Å². The molecule has 28 heavy (non-hydrogen) atoms. The first kappa shape index (κ1) is 20.6. The highest BCUT2D eigenvalue weighted by atomic mass is 16.5. The van der Waals surface area contributed by atoms with E-state index in [0.29, 0.717) is 12.3 Å². The maximum atomic E-state index is 12.3. The number of esters is 1. The molecular weight excluding hydrogens is 356 g/mol. The molecule has 4 rings (SSSR count). The van der Waals surface area contributed by atoms with E-state index in [-0.39, 0.29) is 58.6 Å². The highest BCUT2D eigenvalue weighted by molar-refractivity contribution is 5.72. The molecular formula is C23H38O5. The smallest absolute Gasteiger partial charge is 0.308 e. The van der Waals surface area contributed by atoms with E-state index in [9.17, 15) is 20.1 Å². The second-order valence-corrected chi connectivity index (χ2v) is 10.8. The number of aliphatic hydroxyl groups is 3. The summed E-state index contributed by atoms with van der Waals surface area (Å²) in [6, 6.07) is 0. The zero-order valence-corrected chi connectivity index (χ0v) is 17.8. The summed E-state index contributed by atoms with van der Waals surface area (Å²) in [6.07, 6.45) is 4.80. The third-order valence-corrected chi connectivity index (χ3v) is 10.0. The van der Waals surface area contributed by atoms with Crippen LogP contribution in [0.25, 0.3) is 0 Å². The van der Waals surface area contributed by atoms with Crippen LogP contribution in [0.4, 0.5) is 0 Å². The molecule has 0 bridgehead atoms. The summed E-state index contributed by atoms with van der Waals surface area (Å²) in [5, 5.41) is 32.8. The van der Waals surface area contributed by atoms with Gasteiger partial charge in [-0.3, -0.25) is 4.79 Å². The van der Waals surface area contributed by atoms with Crippen molar-refractivity contribution < 1.29 is 24.9 Å². The van der Waals surface area contributed by atoms with Gasteiger partial charge in [0.15, 0.2) is 0 Å². The second kappa shape index (κ2) is 6.95. The molecule has 0 saturated heterocycles. The van der Waals surface area contributed by atoms with Crippen molar-refractivity contribution in [2.75, 3.05) is 7.11 Å². The van der Waals surface area contributed by atoms with Crippen LogP contribution in [-0.2, 0) is 9.53 Å². The summed E-state index contributed by atoms with van der Waals surface area (Å²) in [4.78, 5) is 12.3. The minimum Gasteiger partial charge on any atom is -0.469 e. The number of methoxy groups -OCH3 is 1. The lowest BCUT2D eigenvalue weighted by atomic mass is 9.43. The second-order valence-electron chi connectivity index (χ2n) is 10.8. The molecule has 4 aliphatic carbocycles. The van der Waals surface area contributed by atoms with Crippen LogP contribution in [0.1, 0.15) is 65.7 Å². The fourth-order valence-electron chi connectivity index (χ4n) is 8.37. The van der Waals surface area contributed by atoms with E-state index in [1.54, 1.807) is 0 Å². The van der Waals surface area contributed by atoms with Gasteiger partial charge in [-0.1, -0.05) is 20.8 Å². The molecule has 3 N–H and O–H groups in total. The zero-order valence-electron chi connectivity index (χ0n) is 17.8. The molecule has 0 aromatic rings. The zero-order chi connectivity index (χ0) is 20.4. The molecule has 11 unspecified atom stereocenters. The molecule has 0 aromatic heterocycles. The first-order chi connectivity index (χ1) is 13.1. The molecule has 0 aliphatic heterocycles. The van der Waals surface area contributed by atoms with E-state index < -0.39 is 6.10 Å². The Bertz CT molecular complexity index is 622. The van der Waals surface area contributed by atoms with E-state index in [1.165, 1.54) is 7.11 Å². The summed E-state index contributed by atoms with van der Waals surface area (Å²) in [5.74, 6) is 0.688. The fraction of sp³-hybridized carbons (Fsp3) is 0.957. The van der Waals surface area contributed by atoms with Crippen molar-refractivity contribution in [3.8, 4) is 0 Å². The molecule has 4 aliphatic rings. The minimum atomic E-state index is -0.465. The number of rotatable bonds is 2. The van der Waals surface area contributed by atoms with Crippen molar-refractivity contribution in [3.05, 3.63) is 0 Å². The Morgan fingerprint density at radius 3 is 2.43 bits per heavy atom. The van der Waals surface area contributed by atoms with Gasteiger partial charge in [0.05, 0.1) is 31.3 Å². The van der Waals surface area contributed by atoms with Crippen LogP contribution in [0.15, 0.2) is 0 Å². The largest absolute Gasteiger partial charge is 0.469 e. The number of fused-ring (bicyclic) bond motifs is 5. The van der Waals surface area contributed by atoms with Crippen molar-refractivity contribution in [3.63, 3.8) is 0 Å². The number of carbonyl (C=O) groups is 1. The summed E-state index contributed by atoms with van der Waals surface area (Å²) in [5.41, 5.74) is -0.273. The average molecular weight is 395 g/mol. The Kier molecular flexibility index (Phi) is 5.12. The Labute approximate surface area is 168 Å². The van der Waals surface area contributed by atoms with Crippen LogP contribution in [0, 0.1) is 46.3 Å². The number of ether oxygens (including phenoxy) is 1. The van der Waals surface area contributed by atoms with Crippen LogP contribution in [0.3, 0.4) is 0 Å². The van der Waals surface area contributed by atoms with Gasteiger partial charge in [-0.15, -0.1) is 0 Å². The van der Waals surface area contributed by atoms with Crippen molar-refractivity contribution in [2.24, 2.45) is 46.3 Å². The summed E-state index contributed by atoms with van der Waals surface area (Å²) in [6.45, 7) is 6.42. The number of hydrogen-bond donors (Lipinski definition) is 3. The molecule has 4 saturated carbocycles. The molecule has 5 heteroatoms. The van der Waals surface area contributed by atoms with Crippen LogP contribution in [0.2, 0.25) is 0 Å². The quantitative estimate of drug-likeness (QED) is 0.627. The van der Waals surface area contributed by atoms with E-state index in [2.05, 4.69) is 13.8 Å².